The predicted octanol–water partition coefficient (Wildman–Crippen LogP) is 0.696. The van der Waals surface area contributed by atoms with Crippen LogP contribution in [0.4, 0.5) is 0 Å². The van der Waals surface area contributed by atoms with E-state index in [-0.39, 0.29) is 5.92 Å². The number of hydrogen-bond acceptors (Lipinski definition) is 4. The third-order valence-electron chi connectivity index (χ3n) is 4.85. The first-order valence-corrected chi connectivity index (χ1v) is 5.73. The minimum Gasteiger partial charge on any atom is -0.368 e. The smallest absolute Gasteiger partial charge is 0.175 e. The van der Waals surface area contributed by atoms with Crippen LogP contribution in [0.1, 0.15) is 20.3 Å². The Bertz CT molecular complexity index is 333. The number of aliphatic hydroxyl groups is 1. The fraction of sp³-hybridized carbons (Fsp3) is 1.00. The van der Waals surface area contributed by atoms with Crippen molar-refractivity contribution >= 4 is 0 Å². The van der Waals surface area contributed by atoms with Gasteiger partial charge in [0.15, 0.2) is 17.9 Å². The summed E-state index contributed by atoms with van der Waals surface area (Å²) in [6, 6.07) is 0. The average molecular weight is 212 g/mol. The van der Waals surface area contributed by atoms with E-state index in [1.54, 1.807) is 0 Å². The Morgan fingerprint density at radius 1 is 1.20 bits per heavy atom. The zero-order chi connectivity index (χ0) is 10.4. The lowest BCUT2D eigenvalue weighted by Gasteiger charge is -2.28. The molecule has 0 aromatic rings. The van der Waals surface area contributed by atoms with Gasteiger partial charge in [-0.05, 0) is 26.2 Å². The Hall–Kier alpha value is -0.160. The van der Waals surface area contributed by atoms with E-state index in [0.29, 0.717) is 17.8 Å². The molecule has 4 rings (SSSR count). The van der Waals surface area contributed by atoms with Gasteiger partial charge in [0.25, 0.3) is 0 Å². The van der Waals surface area contributed by atoms with Gasteiger partial charge in [0.05, 0.1) is 6.61 Å². The summed E-state index contributed by atoms with van der Waals surface area (Å²) in [5.41, 5.74) is 0. The lowest BCUT2D eigenvalue weighted by molar-refractivity contribution is -0.321. The molecule has 0 aromatic carbocycles. The number of hydrogen-bond donors (Lipinski definition) is 1. The van der Waals surface area contributed by atoms with Crippen LogP contribution in [0.3, 0.4) is 0 Å². The normalized spacial score (nSPS) is 70.2. The van der Waals surface area contributed by atoms with Gasteiger partial charge < -0.3 is 19.3 Å². The third kappa shape index (κ3) is 0.813. The first-order chi connectivity index (χ1) is 7.04. The molecule has 0 amide bonds. The van der Waals surface area contributed by atoms with Crippen LogP contribution >= 0.6 is 0 Å². The van der Waals surface area contributed by atoms with Crippen LogP contribution < -0.4 is 0 Å². The summed E-state index contributed by atoms with van der Waals surface area (Å²) in [4.78, 5) is 0. The standard InChI is InChI=1S/C11H16O4/c1-10-7-5(4-13-10)3-6-8(7)11(2,15-10)14-9(6)12/h5-9,12H,3-4H2,1-2H3/t5?,6?,7?,8?,9-,10?,11?/m0/s1. The summed E-state index contributed by atoms with van der Waals surface area (Å²) in [6.45, 7) is 4.73. The molecule has 3 aliphatic heterocycles. The molecule has 15 heavy (non-hydrogen) atoms. The lowest BCUT2D eigenvalue weighted by atomic mass is 9.83. The maximum atomic E-state index is 9.86. The first-order valence-electron chi connectivity index (χ1n) is 5.73. The largest absolute Gasteiger partial charge is 0.368 e. The highest BCUT2D eigenvalue weighted by Gasteiger charge is 2.74. The van der Waals surface area contributed by atoms with E-state index in [1.165, 1.54) is 0 Å². The molecule has 4 fully saturated rings. The van der Waals surface area contributed by atoms with Crippen molar-refractivity contribution in [3.05, 3.63) is 0 Å². The highest BCUT2D eigenvalue weighted by Crippen LogP contribution is 2.67. The first kappa shape index (κ1) is 8.93. The summed E-state index contributed by atoms with van der Waals surface area (Å²) in [5.74, 6) is 0.410. The van der Waals surface area contributed by atoms with E-state index < -0.39 is 17.9 Å². The molecular formula is C11H16O4. The molecule has 7 atom stereocenters. The molecule has 0 spiro atoms. The maximum Gasteiger partial charge on any atom is 0.175 e. The van der Waals surface area contributed by atoms with Gasteiger partial charge in [-0.3, -0.25) is 0 Å². The van der Waals surface area contributed by atoms with Crippen molar-refractivity contribution in [2.24, 2.45) is 23.7 Å². The Morgan fingerprint density at radius 3 is 2.80 bits per heavy atom. The van der Waals surface area contributed by atoms with Gasteiger partial charge >= 0.3 is 0 Å². The Balaban J connectivity index is 1.85. The molecule has 1 saturated carbocycles. The topological polar surface area (TPSA) is 47.9 Å². The van der Waals surface area contributed by atoms with Crippen molar-refractivity contribution in [2.75, 3.05) is 6.61 Å². The molecule has 1 N–H and O–H groups in total. The van der Waals surface area contributed by atoms with E-state index in [1.807, 2.05) is 13.8 Å². The molecule has 1 aliphatic carbocycles. The van der Waals surface area contributed by atoms with Crippen molar-refractivity contribution in [1.29, 1.82) is 0 Å². The van der Waals surface area contributed by atoms with Crippen molar-refractivity contribution in [1.82, 2.24) is 0 Å². The van der Waals surface area contributed by atoms with Crippen molar-refractivity contribution in [3.8, 4) is 0 Å². The van der Waals surface area contributed by atoms with Gasteiger partial charge in [0, 0.05) is 17.8 Å². The molecule has 0 radical (unpaired) electrons. The molecule has 4 nitrogen and oxygen atoms in total. The second kappa shape index (κ2) is 2.25. The molecule has 0 aromatic heterocycles. The van der Waals surface area contributed by atoms with Crippen LogP contribution in [-0.2, 0) is 14.2 Å². The van der Waals surface area contributed by atoms with Crippen molar-refractivity contribution in [2.45, 2.75) is 38.1 Å². The highest BCUT2D eigenvalue weighted by atomic mass is 16.8. The van der Waals surface area contributed by atoms with Gasteiger partial charge in [-0.2, -0.15) is 0 Å². The number of aliphatic hydroxyl groups excluding tert-OH is 1. The second-order valence-corrected chi connectivity index (χ2v) is 5.66. The summed E-state index contributed by atoms with van der Waals surface area (Å²) in [5, 5.41) is 9.86. The van der Waals surface area contributed by atoms with Gasteiger partial charge in [-0.15, -0.1) is 0 Å². The van der Waals surface area contributed by atoms with Gasteiger partial charge in [-0.25, -0.2) is 0 Å². The third-order valence-corrected chi connectivity index (χ3v) is 4.85. The van der Waals surface area contributed by atoms with Gasteiger partial charge in [-0.1, -0.05) is 0 Å². The van der Waals surface area contributed by atoms with Gasteiger partial charge in [0.1, 0.15) is 0 Å². The van der Waals surface area contributed by atoms with E-state index >= 15 is 0 Å². The van der Waals surface area contributed by atoms with Crippen LogP contribution in [0.25, 0.3) is 0 Å². The molecule has 4 aliphatic rings. The van der Waals surface area contributed by atoms with Crippen LogP contribution in [0.5, 0.6) is 0 Å². The molecule has 4 heteroatoms. The fourth-order valence-electron chi connectivity index (χ4n) is 4.50. The van der Waals surface area contributed by atoms with E-state index in [0.717, 1.165) is 13.0 Å². The maximum absolute atomic E-state index is 9.86. The van der Waals surface area contributed by atoms with Gasteiger partial charge in [0.2, 0.25) is 0 Å². The quantitative estimate of drug-likeness (QED) is 0.642. The van der Waals surface area contributed by atoms with Crippen molar-refractivity contribution in [3.63, 3.8) is 0 Å². The molecule has 0 bridgehead atoms. The second-order valence-electron chi connectivity index (χ2n) is 5.66. The fourth-order valence-corrected chi connectivity index (χ4v) is 4.50. The molecular weight excluding hydrogens is 196 g/mol. The zero-order valence-electron chi connectivity index (χ0n) is 8.97. The minimum atomic E-state index is -0.643. The van der Waals surface area contributed by atoms with Crippen LogP contribution in [0, 0.1) is 23.7 Å². The van der Waals surface area contributed by atoms with Crippen LogP contribution in [0.15, 0.2) is 0 Å². The summed E-state index contributed by atoms with van der Waals surface area (Å²) < 4.78 is 17.3. The van der Waals surface area contributed by atoms with Crippen LogP contribution in [-0.4, -0.2) is 29.6 Å². The minimum absolute atomic E-state index is 0.246. The van der Waals surface area contributed by atoms with Crippen molar-refractivity contribution < 1.29 is 19.3 Å². The Morgan fingerprint density at radius 2 is 2.00 bits per heavy atom. The summed E-state index contributed by atoms with van der Waals surface area (Å²) >= 11 is 0. The SMILES string of the molecule is CC12OCC3CC4C(C31)C(C)(O[C@@H]4O)O2. The van der Waals surface area contributed by atoms with Crippen LogP contribution in [0.2, 0.25) is 0 Å². The Kier molecular flexibility index (Phi) is 1.34. The molecule has 6 unspecified atom stereocenters. The predicted molar refractivity (Wildman–Crippen MR) is 49.5 cm³/mol. The van der Waals surface area contributed by atoms with E-state index in [9.17, 15) is 5.11 Å². The average Bonchev–Trinajstić information content (AvgIpc) is 2.73. The zero-order valence-corrected chi connectivity index (χ0v) is 8.97. The molecule has 3 heterocycles. The Labute approximate surface area is 88.5 Å². The summed E-state index contributed by atoms with van der Waals surface area (Å²) in [6.07, 6.45) is 0.376. The monoisotopic (exact) mass is 212 g/mol. The lowest BCUT2D eigenvalue weighted by Crippen LogP contribution is -2.35. The highest BCUT2D eigenvalue weighted by molar-refractivity contribution is 5.12. The number of ether oxygens (including phenoxy) is 3. The molecule has 3 saturated heterocycles. The summed E-state index contributed by atoms with van der Waals surface area (Å²) in [7, 11) is 0. The van der Waals surface area contributed by atoms with E-state index in [2.05, 4.69) is 0 Å². The van der Waals surface area contributed by atoms with E-state index in [4.69, 9.17) is 14.2 Å². The molecule has 84 valence electrons. The number of rotatable bonds is 0.